The molecule has 0 fully saturated rings. The van der Waals surface area contributed by atoms with Gasteiger partial charge in [0.25, 0.3) is 5.91 Å². The molecule has 0 saturated heterocycles. The van der Waals surface area contributed by atoms with E-state index in [2.05, 4.69) is 0 Å². The minimum atomic E-state index is -6.07. The van der Waals surface area contributed by atoms with Crippen molar-refractivity contribution in [3.05, 3.63) is 64.7 Å². The first-order valence-corrected chi connectivity index (χ1v) is 12.5. The van der Waals surface area contributed by atoms with Crippen molar-refractivity contribution in [2.75, 3.05) is 6.26 Å². The monoisotopic (exact) mass is 566 g/mol. The highest BCUT2D eigenvalue weighted by molar-refractivity contribution is 7.90. The number of sulfone groups is 1. The molecule has 0 spiro atoms. The molecule has 1 aliphatic rings. The lowest BCUT2D eigenvalue weighted by Crippen LogP contribution is -2.55. The third-order valence-electron chi connectivity index (χ3n) is 6.54. The van der Waals surface area contributed by atoms with Crippen LogP contribution >= 0.6 is 0 Å². The third kappa shape index (κ3) is 4.27. The molecule has 3 rings (SSSR count). The molecule has 0 aromatic heterocycles. The average Bonchev–Trinajstić information content (AvgIpc) is 3.11. The molecule has 2 aromatic rings. The van der Waals surface area contributed by atoms with E-state index in [1.54, 1.807) is 0 Å². The van der Waals surface area contributed by atoms with Crippen LogP contribution in [-0.2, 0) is 41.7 Å². The molecule has 1 unspecified atom stereocenters. The van der Waals surface area contributed by atoms with Gasteiger partial charge in [0.1, 0.15) is 0 Å². The van der Waals surface area contributed by atoms with Crippen LogP contribution < -0.4 is 5.73 Å². The maximum absolute atomic E-state index is 13.9. The van der Waals surface area contributed by atoms with Crippen LogP contribution in [0.5, 0.6) is 0 Å². The molecule has 0 bridgehead atoms. The highest BCUT2D eigenvalue weighted by atomic mass is 32.2. The Bertz CT molecular complexity index is 1410. The number of nitrogens with zero attached hydrogens (tertiary/aromatic N) is 1. The van der Waals surface area contributed by atoms with Crippen LogP contribution in [-0.4, -0.2) is 54.8 Å². The number of carbonyl (C=O) groups is 3. The molecule has 1 heterocycles. The Morgan fingerprint density at radius 2 is 1.53 bits per heavy atom. The molecule has 1 aliphatic heterocycles. The zero-order valence-electron chi connectivity index (χ0n) is 19.6. The summed E-state index contributed by atoms with van der Waals surface area (Å²) in [5.41, 5.74) is -2.89. The van der Waals surface area contributed by atoms with Crippen molar-refractivity contribution in [2.45, 2.75) is 48.1 Å². The number of alkyl halides is 6. The smallest absolute Gasteiger partial charge is 0.407 e. The fourth-order valence-corrected chi connectivity index (χ4v) is 5.47. The van der Waals surface area contributed by atoms with Gasteiger partial charge in [-0.1, -0.05) is 30.3 Å². The Morgan fingerprint density at radius 3 is 1.92 bits per heavy atom. The van der Waals surface area contributed by atoms with Crippen LogP contribution in [0.1, 0.15) is 35.6 Å². The summed E-state index contributed by atoms with van der Waals surface area (Å²) in [5.74, 6) is -4.32. The molecule has 0 aliphatic carbocycles. The number of hydrogen-bond donors (Lipinski definition) is 2. The molecular weight excluding hydrogens is 546 g/mol. The maximum atomic E-state index is 13.9. The van der Waals surface area contributed by atoms with Gasteiger partial charge in [-0.3, -0.25) is 14.4 Å². The van der Waals surface area contributed by atoms with Gasteiger partial charge in [0.05, 0.1) is 11.3 Å². The summed E-state index contributed by atoms with van der Waals surface area (Å²) in [6, 6.07) is 5.71. The number of nitrogens with two attached hydrogens (primary N) is 1. The van der Waals surface area contributed by atoms with Crippen molar-refractivity contribution < 1.29 is 54.3 Å². The van der Waals surface area contributed by atoms with Crippen LogP contribution in [0, 0.1) is 0 Å². The van der Waals surface area contributed by atoms with Gasteiger partial charge < -0.3 is 15.7 Å². The van der Waals surface area contributed by atoms with Gasteiger partial charge in [-0.2, -0.15) is 26.3 Å². The summed E-state index contributed by atoms with van der Waals surface area (Å²) in [6.07, 6.45) is -13.6. The number of carbonyl (C=O) groups excluding carboxylic acids is 2. The van der Waals surface area contributed by atoms with Crippen molar-refractivity contribution in [3.63, 3.8) is 0 Å². The summed E-state index contributed by atoms with van der Waals surface area (Å²) in [5, 5.41) is 8.91. The van der Waals surface area contributed by atoms with E-state index >= 15 is 0 Å². The number of primary amides is 1. The first-order valence-electron chi connectivity index (χ1n) is 10.6. The second-order valence-corrected chi connectivity index (χ2v) is 10.8. The number of amides is 2. The predicted molar refractivity (Wildman–Crippen MR) is 118 cm³/mol. The highest BCUT2D eigenvalue weighted by Gasteiger charge is 2.72. The summed E-state index contributed by atoms with van der Waals surface area (Å²) in [7, 11) is -3.72. The molecular formula is C23H20F6N2O6S. The van der Waals surface area contributed by atoms with E-state index < -0.39 is 62.9 Å². The largest absolute Gasteiger partial charge is 0.481 e. The zero-order valence-corrected chi connectivity index (χ0v) is 20.5. The molecule has 15 heteroatoms. The van der Waals surface area contributed by atoms with Gasteiger partial charge in [-0.05, 0) is 34.4 Å². The number of aliphatic carboxylic acids is 1. The SMILES string of the molecule is CC(=O)N1Cc2cc(S(C)(=O)=O)ccc2C1(C(N)=O)c1ccc(C(CC(=O)O)(C(F)(F)F)C(F)(F)F)cc1. The molecule has 206 valence electrons. The van der Waals surface area contributed by atoms with Gasteiger partial charge in [-0.15, -0.1) is 0 Å². The van der Waals surface area contributed by atoms with Crippen LogP contribution in [0.2, 0.25) is 0 Å². The molecule has 3 N–H and O–H groups in total. The van der Waals surface area contributed by atoms with E-state index in [9.17, 15) is 49.1 Å². The number of halogens is 6. The Balaban J connectivity index is 2.32. The fourth-order valence-electron chi connectivity index (χ4n) is 4.80. The lowest BCUT2D eigenvalue weighted by Gasteiger charge is -2.38. The molecule has 0 saturated carbocycles. The number of carboxylic acids is 1. The van der Waals surface area contributed by atoms with Gasteiger partial charge >= 0.3 is 18.3 Å². The summed E-state index contributed by atoms with van der Waals surface area (Å²) in [6.45, 7) is 0.702. The summed E-state index contributed by atoms with van der Waals surface area (Å²) < 4.78 is 107. The lowest BCUT2D eigenvalue weighted by atomic mass is 9.74. The maximum Gasteiger partial charge on any atom is 0.407 e. The van der Waals surface area contributed by atoms with Crippen LogP contribution in [0.3, 0.4) is 0 Å². The van der Waals surface area contributed by atoms with E-state index in [0.717, 1.165) is 36.3 Å². The molecule has 2 amide bonds. The van der Waals surface area contributed by atoms with Gasteiger partial charge in [0.2, 0.25) is 5.91 Å². The second-order valence-electron chi connectivity index (χ2n) is 8.82. The van der Waals surface area contributed by atoms with Gasteiger partial charge in [0, 0.05) is 19.7 Å². The summed E-state index contributed by atoms with van der Waals surface area (Å²) >= 11 is 0. The topological polar surface area (TPSA) is 135 Å². The fraction of sp³-hybridized carbons (Fsp3) is 0.348. The Hall–Kier alpha value is -3.62. The average molecular weight is 566 g/mol. The van der Waals surface area contributed by atoms with Crippen molar-refractivity contribution in [2.24, 2.45) is 5.73 Å². The van der Waals surface area contributed by atoms with Crippen molar-refractivity contribution >= 4 is 27.6 Å². The lowest BCUT2D eigenvalue weighted by molar-refractivity contribution is -0.304. The van der Waals surface area contributed by atoms with E-state index in [0.29, 0.717) is 12.1 Å². The summed E-state index contributed by atoms with van der Waals surface area (Å²) in [4.78, 5) is 37.3. The Morgan fingerprint density at radius 1 is 1.00 bits per heavy atom. The molecule has 1 atom stereocenters. The van der Waals surface area contributed by atoms with E-state index in [1.165, 1.54) is 12.1 Å². The van der Waals surface area contributed by atoms with Crippen molar-refractivity contribution in [3.8, 4) is 0 Å². The Labute approximate surface area is 211 Å². The number of rotatable bonds is 6. The Kier molecular flexibility index (Phi) is 6.85. The number of fused-ring (bicyclic) bond motifs is 1. The molecule has 8 nitrogen and oxygen atoms in total. The van der Waals surface area contributed by atoms with Crippen LogP contribution in [0.15, 0.2) is 47.4 Å². The van der Waals surface area contributed by atoms with Crippen molar-refractivity contribution in [1.29, 1.82) is 0 Å². The first-order chi connectivity index (χ1) is 17.2. The molecule has 38 heavy (non-hydrogen) atoms. The predicted octanol–water partition coefficient (Wildman–Crippen LogP) is 3.02. The first kappa shape index (κ1) is 28.9. The third-order valence-corrected chi connectivity index (χ3v) is 7.65. The highest BCUT2D eigenvalue weighted by Crippen LogP contribution is 2.55. The second kappa shape index (κ2) is 8.99. The number of benzene rings is 2. The van der Waals surface area contributed by atoms with E-state index in [-0.39, 0.29) is 28.1 Å². The standard InChI is InChI=1S/C23H20F6N2O6S/c1-12(32)31-11-13-9-16(38(2,36)37)7-8-17(13)21(31,19(30)35)15-5-3-14(4-6-15)20(10-18(33)34,22(24,25)26)23(27,28)29/h3-9H,10-11H2,1-2H3,(H2,30,35)(H,33,34). The van der Waals surface area contributed by atoms with Crippen LogP contribution in [0.25, 0.3) is 0 Å². The normalized spacial score (nSPS) is 18.3. The molecule has 2 aromatic carbocycles. The van der Waals surface area contributed by atoms with Gasteiger partial charge in [-0.25, -0.2) is 8.42 Å². The van der Waals surface area contributed by atoms with E-state index in [4.69, 9.17) is 10.8 Å². The zero-order chi connectivity index (χ0) is 29.1. The minimum absolute atomic E-state index is 0.00351. The van der Waals surface area contributed by atoms with E-state index in [1.807, 2.05) is 0 Å². The number of hydrogen-bond acceptors (Lipinski definition) is 5. The quantitative estimate of drug-likeness (QED) is 0.517. The molecule has 0 radical (unpaired) electrons. The minimum Gasteiger partial charge on any atom is -0.481 e. The van der Waals surface area contributed by atoms with Crippen LogP contribution in [0.4, 0.5) is 26.3 Å². The van der Waals surface area contributed by atoms with Crippen molar-refractivity contribution in [1.82, 2.24) is 4.90 Å². The number of carboxylic acid groups (broad SMARTS) is 1. The van der Waals surface area contributed by atoms with Gasteiger partial charge in [0.15, 0.2) is 20.8 Å².